The molecule has 0 atom stereocenters. The third-order valence-electron chi connectivity index (χ3n) is 2.54. The van der Waals surface area contributed by atoms with E-state index in [2.05, 4.69) is 4.74 Å². The Kier molecular flexibility index (Phi) is 3.65. The number of carbonyl (C=O) groups excluding carboxylic acids is 1. The summed E-state index contributed by atoms with van der Waals surface area (Å²) in [4.78, 5) is 12.2. The summed E-state index contributed by atoms with van der Waals surface area (Å²) in [5.74, 6) is -0.943. The van der Waals surface area contributed by atoms with E-state index < -0.39 is 17.9 Å². The van der Waals surface area contributed by atoms with Crippen molar-refractivity contribution in [2.24, 2.45) is 0 Å². The maximum Gasteiger partial charge on any atom is 0.573 e. The Balaban J connectivity index is 2.36. The molecule has 0 amide bonds. The molecule has 0 saturated carbocycles. The van der Waals surface area contributed by atoms with E-state index in [4.69, 9.17) is 5.73 Å². The molecule has 2 aromatic rings. The molecule has 0 unspecified atom stereocenters. The van der Waals surface area contributed by atoms with Gasteiger partial charge in [0, 0.05) is 16.8 Å². The lowest BCUT2D eigenvalue weighted by Gasteiger charge is -2.11. The number of carbonyl (C=O) groups is 1. The summed E-state index contributed by atoms with van der Waals surface area (Å²) in [6.07, 6.45) is -4.82. The molecule has 0 aliphatic heterocycles. The number of ether oxygens (including phenoxy) is 1. The van der Waals surface area contributed by atoms with Gasteiger partial charge >= 0.3 is 6.36 Å². The van der Waals surface area contributed by atoms with E-state index in [-0.39, 0.29) is 11.3 Å². The molecule has 6 heteroatoms. The SMILES string of the molecule is Nc1ccc(OC(F)(F)F)cc1C(=O)c1ccccc1. The lowest BCUT2D eigenvalue weighted by Crippen LogP contribution is -2.17. The van der Waals surface area contributed by atoms with Gasteiger partial charge in [-0.1, -0.05) is 30.3 Å². The van der Waals surface area contributed by atoms with Gasteiger partial charge in [-0.2, -0.15) is 0 Å². The van der Waals surface area contributed by atoms with Crippen molar-refractivity contribution in [1.82, 2.24) is 0 Å². The van der Waals surface area contributed by atoms with Crippen molar-refractivity contribution in [2.75, 3.05) is 5.73 Å². The van der Waals surface area contributed by atoms with Crippen LogP contribution in [0.5, 0.6) is 5.75 Å². The van der Waals surface area contributed by atoms with Gasteiger partial charge in [-0.3, -0.25) is 4.79 Å². The number of benzene rings is 2. The average Bonchev–Trinajstić information content (AvgIpc) is 2.40. The number of ketones is 1. The number of nitrogen functional groups attached to an aromatic ring is 1. The van der Waals surface area contributed by atoms with Crippen LogP contribution in [0.25, 0.3) is 0 Å². The van der Waals surface area contributed by atoms with Crippen LogP contribution < -0.4 is 10.5 Å². The van der Waals surface area contributed by atoms with E-state index in [0.717, 1.165) is 12.1 Å². The minimum Gasteiger partial charge on any atom is -0.406 e. The first kappa shape index (κ1) is 13.9. The van der Waals surface area contributed by atoms with Crippen molar-refractivity contribution in [2.45, 2.75) is 6.36 Å². The molecule has 0 fully saturated rings. The van der Waals surface area contributed by atoms with Crippen molar-refractivity contribution in [3.8, 4) is 5.75 Å². The van der Waals surface area contributed by atoms with Crippen molar-refractivity contribution in [3.05, 3.63) is 59.7 Å². The number of alkyl halides is 3. The number of nitrogens with two attached hydrogens (primary N) is 1. The van der Waals surface area contributed by atoms with Gasteiger partial charge < -0.3 is 10.5 Å². The Morgan fingerprint density at radius 2 is 1.70 bits per heavy atom. The van der Waals surface area contributed by atoms with Crippen LogP contribution in [0.15, 0.2) is 48.5 Å². The highest BCUT2D eigenvalue weighted by Crippen LogP contribution is 2.27. The second kappa shape index (κ2) is 5.24. The predicted octanol–water partition coefficient (Wildman–Crippen LogP) is 3.40. The van der Waals surface area contributed by atoms with Crippen LogP contribution in [0.3, 0.4) is 0 Å². The summed E-state index contributed by atoms with van der Waals surface area (Å²) in [6, 6.07) is 11.4. The third kappa shape index (κ3) is 3.28. The molecule has 0 heterocycles. The van der Waals surface area contributed by atoms with E-state index in [1.165, 1.54) is 6.07 Å². The Morgan fingerprint density at radius 1 is 1.05 bits per heavy atom. The summed E-state index contributed by atoms with van der Waals surface area (Å²) < 4.78 is 40.3. The van der Waals surface area contributed by atoms with Crippen LogP contribution in [0.2, 0.25) is 0 Å². The molecule has 0 spiro atoms. The molecule has 2 rings (SSSR count). The number of hydrogen-bond donors (Lipinski definition) is 1. The highest BCUT2D eigenvalue weighted by atomic mass is 19.4. The Labute approximate surface area is 112 Å². The third-order valence-corrected chi connectivity index (χ3v) is 2.54. The van der Waals surface area contributed by atoms with E-state index in [9.17, 15) is 18.0 Å². The maximum atomic E-state index is 12.2. The van der Waals surface area contributed by atoms with Gasteiger partial charge in [-0.15, -0.1) is 13.2 Å². The standard InChI is InChI=1S/C14H10F3NO2/c15-14(16,17)20-10-6-7-12(18)11(8-10)13(19)9-4-2-1-3-5-9/h1-8H,18H2. The summed E-state index contributed by atoms with van der Waals surface area (Å²) in [5, 5.41) is 0. The van der Waals surface area contributed by atoms with E-state index in [0.29, 0.717) is 5.56 Å². The van der Waals surface area contributed by atoms with Crippen LogP contribution >= 0.6 is 0 Å². The number of anilines is 1. The lowest BCUT2D eigenvalue weighted by atomic mass is 10.0. The number of rotatable bonds is 3. The molecule has 3 nitrogen and oxygen atoms in total. The lowest BCUT2D eigenvalue weighted by molar-refractivity contribution is -0.274. The Hall–Kier alpha value is -2.50. The second-order valence-electron chi connectivity index (χ2n) is 3.99. The van der Waals surface area contributed by atoms with E-state index in [1.807, 2.05) is 0 Å². The van der Waals surface area contributed by atoms with Gasteiger partial charge in [-0.05, 0) is 18.2 Å². The molecule has 20 heavy (non-hydrogen) atoms. The fourth-order valence-corrected chi connectivity index (χ4v) is 1.67. The van der Waals surface area contributed by atoms with Gasteiger partial charge in [0.2, 0.25) is 0 Å². The smallest absolute Gasteiger partial charge is 0.406 e. The number of hydrogen-bond acceptors (Lipinski definition) is 3. The van der Waals surface area contributed by atoms with E-state index in [1.54, 1.807) is 30.3 Å². The van der Waals surface area contributed by atoms with Gasteiger partial charge in [0.05, 0.1) is 0 Å². The van der Waals surface area contributed by atoms with Crippen LogP contribution in [-0.2, 0) is 0 Å². The zero-order valence-corrected chi connectivity index (χ0v) is 10.1. The van der Waals surface area contributed by atoms with Crippen molar-refractivity contribution in [1.29, 1.82) is 0 Å². The quantitative estimate of drug-likeness (QED) is 0.693. The molecule has 2 N–H and O–H groups in total. The molecule has 2 aromatic carbocycles. The van der Waals surface area contributed by atoms with Gasteiger partial charge in [0.25, 0.3) is 0 Å². The largest absolute Gasteiger partial charge is 0.573 e. The summed E-state index contributed by atoms with van der Waals surface area (Å²) in [6.45, 7) is 0. The maximum absolute atomic E-state index is 12.2. The molecule has 104 valence electrons. The summed E-state index contributed by atoms with van der Waals surface area (Å²) in [5.41, 5.74) is 6.03. The highest BCUT2D eigenvalue weighted by molar-refractivity contribution is 6.12. The monoisotopic (exact) mass is 281 g/mol. The Bertz CT molecular complexity index is 624. The summed E-state index contributed by atoms with van der Waals surface area (Å²) >= 11 is 0. The van der Waals surface area contributed by atoms with Crippen LogP contribution in [-0.4, -0.2) is 12.1 Å². The molecular weight excluding hydrogens is 271 g/mol. The fourth-order valence-electron chi connectivity index (χ4n) is 1.67. The highest BCUT2D eigenvalue weighted by Gasteiger charge is 2.31. The molecule has 0 aliphatic rings. The summed E-state index contributed by atoms with van der Waals surface area (Å²) in [7, 11) is 0. The number of halogens is 3. The van der Waals surface area contributed by atoms with Gasteiger partial charge in [0.1, 0.15) is 5.75 Å². The van der Waals surface area contributed by atoms with E-state index >= 15 is 0 Å². The topological polar surface area (TPSA) is 52.3 Å². The normalized spacial score (nSPS) is 11.2. The van der Waals surface area contributed by atoms with Crippen molar-refractivity contribution >= 4 is 11.5 Å². The van der Waals surface area contributed by atoms with Crippen LogP contribution in [0, 0.1) is 0 Å². The molecule has 0 saturated heterocycles. The van der Waals surface area contributed by atoms with Gasteiger partial charge in [0.15, 0.2) is 5.78 Å². The Morgan fingerprint density at radius 3 is 2.30 bits per heavy atom. The van der Waals surface area contributed by atoms with Crippen molar-refractivity contribution in [3.63, 3.8) is 0 Å². The van der Waals surface area contributed by atoms with Crippen LogP contribution in [0.4, 0.5) is 18.9 Å². The van der Waals surface area contributed by atoms with Gasteiger partial charge in [-0.25, -0.2) is 0 Å². The fraction of sp³-hybridized carbons (Fsp3) is 0.0714. The molecular formula is C14H10F3NO2. The first-order chi connectivity index (χ1) is 9.37. The minimum absolute atomic E-state index is 0.0297. The van der Waals surface area contributed by atoms with Crippen molar-refractivity contribution < 1.29 is 22.7 Å². The first-order valence-corrected chi connectivity index (χ1v) is 5.62. The first-order valence-electron chi connectivity index (χ1n) is 5.62. The zero-order valence-electron chi connectivity index (χ0n) is 10.1. The molecule has 0 aromatic heterocycles. The molecule has 0 bridgehead atoms. The molecule has 0 aliphatic carbocycles. The zero-order chi connectivity index (χ0) is 14.8. The second-order valence-corrected chi connectivity index (χ2v) is 3.99. The average molecular weight is 281 g/mol. The minimum atomic E-state index is -4.82. The molecule has 0 radical (unpaired) electrons. The van der Waals surface area contributed by atoms with Crippen LogP contribution in [0.1, 0.15) is 15.9 Å². The predicted molar refractivity (Wildman–Crippen MR) is 67.4 cm³/mol.